The molecule has 0 saturated heterocycles. The Morgan fingerprint density at radius 1 is 0.912 bits per heavy atom. The highest BCUT2D eigenvalue weighted by molar-refractivity contribution is 5.94. The molecule has 2 heterocycles. The van der Waals surface area contributed by atoms with Crippen LogP contribution in [0.25, 0.3) is 11.3 Å². The molecule has 4 aromatic rings. The van der Waals surface area contributed by atoms with Gasteiger partial charge in [0.2, 0.25) is 0 Å². The first kappa shape index (κ1) is 23.1. The molecule has 0 aliphatic carbocycles. The number of nitrogens with one attached hydrogen (secondary N) is 2. The molecule has 6 nitrogen and oxygen atoms in total. The van der Waals surface area contributed by atoms with Gasteiger partial charge >= 0.3 is 0 Å². The molecular weight excluding hydrogens is 429 g/mol. The van der Waals surface area contributed by atoms with Crippen molar-refractivity contribution in [1.82, 2.24) is 15.3 Å². The van der Waals surface area contributed by atoms with Crippen LogP contribution >= 0.6 is 0 Å². The average molecular weight is 456 g/mol. The van der Waals surface area contributed by atoms with Gasteiger partial charge in [0.1, 0.15) is 5.82 Å². The van der Waals surface area contributed by atoms with Crippen molar-refractivity contribution in [1.29, 1.82) is 0 Å². The fourth-order valence-electron chi connectivity index (χ4n) is 3.55. The largest absolute Gasteiger partial charge is 0.384 e. The average Bonchev–Trinajstić information content (AvgIpc) is 2.88. The van der Waals surface area contributed by atoms with Crippen molar-refractivity contribution in [3.8, 4) is 11.3 Å². The van der Waals surface area contributed by atoms with Gasteiger partial charge in [-0.2, -0.15) is 0 Å². The van der Waals surface area contributed by atoms with Gasteiger partial charge in [0.05, 0.1) is 17.0 Å². The van der Waals surface area contributed by atoms with Crippen molar-refractivity contribution >= 4 is 11.6 Å². The number of hydrogen-bond donors (Lipinski definition) is 3. The number of carbonyl (C=O) groups is 1. The second kappa shape index (κ2) is 11.2. The van der Waals surface area contributed by atoms with Crippen LogP contribution in [0.5, 0.6) is 0 Å². The van der Waals surface area contributed by atoms with Crippen molar-refractivity contribution in [3.63, 3.8) is 0 Å². The van der Waals surface area contributed by atoms with Crippen LogP contribution in [0.3, 0.4) is 0 Å². The van der Waals surface area contributed by atoms with Gasteiger partial charge in [-0.15, -0.1) is 0 Å². The molecule has 34 heavy (non-hydrogen) atoms. The molecule has 0 atom stereocenters. The number of para-hydroxylation sites is 1. The lowest BCUT2D eigenvalue weighted by atomic mass is 10.1. The van der Waals surface area contributed by atoms with Gasteiger partial charge in [0.25, 0.3) is 5.91 Å². The van der Waals surface area contributed by atoms with E-state index in [0.717, 1.165) is 33.8 Å². The lowest BCUT2D eigenvalue weighted by Crippen LogP contribution is -2.23. The number of hydrogen-bond acceptors (Lipinski definition) is 5. The maximum absolute atomic E-state index is 13.4. The lowest BCUT2D eigenvalue weighted by Gasteiger charge is -2.12. The van der Waals surface area contributed by atoms with E-state index in [1.807, 2.05) is 48.5 Å². The minimum Gasteiger partial charge on any atom is -0.384 e. The summed E-state index contributed by atoms with van der Waals surface area (Å²) in [6, 6.07) is 21.8. The van der Waals surface area contributed by atoms with Crippen LogP contribution < -0.4 is 16.4 Å². The minimum absolute atomic E-state index is 0.205. The van der Waals surface area contributed by atoms with E-state index < -0.39 is 0 Å². The Balaban J connectivity index is 1.37. The van der Waals surface area contributed by atoms with Crippen molar-refractivity contribution in [3.05, 3.63) is 113 Å². The molecule has 7 heteroatoms. The van der Waals surface area contributed by atoms with Gasteiger partial charge in [0, 0.05) is 43.3 Å². The van der Waals surface area contributed by atoms with Crippen LogP contribution in [-0.2, 0) is 19.5 Å². The summed E-state index contributed by atoms with van der Waals surface area (Å²) in [4.78, 5) is 21.3. The van der Waals surface area contributed by atoms with Gasteiger partial charge in [-0.3, -0.25) is 14.8 Å². The summed E-state index contributed by atoms with van der Waals surface area (Å²) in [6.45, 7) is 1.41. The number of anilines is 1. The summed E-state index contributed by atoms with van der Waals surface area (Å²) in [5.41, 5.74) is 11.3. The number of nitrogens with two attached hydrogens (primary N) is 1. The van der Waals surface area contributed by atoms with Gasteiger partial charge in [-0.05, 0) is 53.9 Å². The van der Waals surface area contributed by atoms with E-state index in [-0.39, 0.29) is 11.7 Å². The summed E-state index contributed by atoms with van der Waals surface area (Å²) < 4.78 is 13.4. The highest BCUT2D eigenvalue weighted by atomic mass is 19.1. The van der Waals surface area contributed by atoms with Crippen LogP contribution in [0.2, 0.25) is 0 Å². The van der Waals surface area contributed by atoms with E-state index in [4.69, 9.17) is 5.73 Å². The van der Waals surface area contributed by atoms with Crippen LogP contribution in [0.15, 0.2) is 85.2 Å². The number of rotatable bonds is 9. The van der Waals surface area contributed by atoms with Gasteiger partial charge in [-0.25, -0.2) is 4.39 Å². The first-order valence-electron chi connectivity index (χ1n) is 11.1. The molecule has 0 saturated carbocycles. The molecule has 1 amide bonds. The maximum Gasteiger partial charge on any atom is 0.253 e. The molecule has 2 aromatic carbocycles. The smallest absolute Gasteiger partial charge is 0.253 e. The molecule has 172 valence electrons. The second-order valence-electron chi connectivity index (χ2n) is 7.83. The summed E-state index contributed by atoms with van der Waals surface area (Å²) in [6.07, 6.45) is 3.98. The summed E-state index contributed by atoms with van der Waals surface area (Å²) >= 11 is 0. The zero-order valence-corrected chi connectivity index (χ0v) is 18.7. The molecule has 0 unspecified atom stereocenters. The van der Waals surface area contributed by atoms with E-state index in [1.165, 1.54) is 6.07 Å². The van der Waals surface area contributed by atoms with E-state index >= 15 is 0 Å². The Bertz CT molecular complexity index is 1240. The molecule has 0 spiro atoms. The van der Waals surface area contributed by atoms with E-state index in [0.29, 0.717) is 31.6 Å². The maximum atomic E-state index is 13.4. The molecule has 4 rings (SSSR count). The predicted octanol–water partition coefficient (Wildman–Crippen LogP) is 4.33. The van der Waals surface area contributed by atoms with Crippen LogP contribution in [-0.4, -0.2) is 22.4 Å². The molecule has 0 aliphatic heterocycles. The Morgan fingerprint density at radius 3 is 2.53 bits per heavy atom. The number of benzene rings is 2. The van der Waals surface area contributed by atoms with Crippen LogP contribution in [0.4, 0.5) is 10.1 Å². The molecule has 0 bridgehead atoms. The first-order valence-corrected chi connectivity index (χ1v) is 11.1. The van der Waals surface area contributed by atoms with E-state index in [1.54, 1.807) is 30.6 Å². The summed E-state index contributed by atoms with van der Waals surface area (Å²) in [7, 11) is 0. The van der Waals surface area contributed by atoms with Crippen LogP contribution in [0, 0.1) is 5.82 Å². The first-order chi connectivity index (χ1) is 16.6. The second-order valence-corrected chi connectivity index (χ2v) is 7.83. The van der Waals surface area contributed by atoms with E-state index in [2.05, 4.69) is 20.6 Å². The van der Waals surface area contributed by atoms with Gasteiger partial charge in [0.15, 0.2) is 0 Å². The zero-order chi connectivity index (χ0) is 23.8. The van der Waals surface area contributed by atoms with Crippen molar-refractivity contribution in [2.45, 2.75) is 19.5 Å². The molecule has 0 fully saturated rings. The Labute approximate surface area is 198 Å². The summed E-state index contributed by atoms with van der Waals surface area (Å²) in [5, 5.41) is 6.29. The highest BCUT2D eigenvalue weighted by Crippen LogP contribution is 2.26. The number of halogens is 1. The fraction of sp³-hybridized carbons (Fsp3) is 0.148. The minimum atomic E-state index is -0.229. The van der Waals surface area contributed by atoms with E-state index in [9.17, 15) is 9.18 Å². The molecule has 0 aliphatic rings. The van der Waals surface area contributed by atoms with Crippen molar-refractivity contribution < 1.29 is 9.18 Å². The Kier molecular flexibility index (Phi) is 7.57. The third-order valence-corrected chi connectivity index (χ3v) is 5.40. The lowest BCUT2D eigenvalue weighted by molar-refractivity contribution is 0.0950. The third-order valence-electron chi connectivity index (χ3n) is 5.40. The fourth-order valence-corrected chi connectivity index (χ4v) is 3.55. The number of amides is 1. The number of carbonyl (C=O) groups excluding carboxylic acids is 1. The topological polar surface area (TPSA) is 92.9 Å². The Morgan fingerprint density at radius 2 is 1.79 bits per heavy atom. The van der Waals surface area contributed by atoms with Crippen LogP contribution in [0.1, 0.15) is 27.2 Å². The van der Waals surface area contributed by atoms with Gasteiger partial charge in [-0.1, -0.05) is 36.4 Å². The SMILES string of the molecule is NCc1ccc(CNC(=O)c2ccc(-c3ccccc3NCCc3cccc(F)c3)nc2)cn1. The number of pyridine rings is 2. The predicted molar refractivity (Wildman–Crippen MR) is 132 cm³/mol. The molecule has 0 radical (unpaired) electrons. The Hall–Kier alpha value is -4.10. The molecule has 2 aromatic heterocycles. The molecule has 4 N–H and O–H groups in total. The van der Waals surface area contributed by atoms with Gasteiger partial charge < -0.3 is 16.4 Å². The third kappa shape index (κ3) is 6.02. The standard InChI is InChI=1S/C27H26FN5O/c28-22-5-3-4-19(14-22)12-13-30-25-7-2-1-6-24(25)26-11-9-21(18-32-26)27(34)33-17-20-8-10-23(15-29)31-16-20/h1-11,14,16,18,30H,12-13,15,17,29H2,(H,33,34). The molecular formula is C27H26FN5O. The monoisotopic (exact) mass is 455 g/mol. The van der Waals surface area contributed by atoms with Crippen molar-refractivity contribution in [2.24, 2.45) is 5.73 Å². The van der Waals surface area contributed by atoms with Crippen molar-refractivity contribution in [2.75, 3.05) is 11.9 Å². The quantitative estimate of drug-likeness (QED) is 0.349. The zero-order valence-electron chi connectivity index (χ0n) is 18.7. The number of nitrogens with zero attached hydrogens (tertiary/aromatic N) is 2. The normalized spacial score (nSPS) is 10.6. The highest BCUT2D eigenvalue weighted by Gasteiger charge is 2.10. The number of aromatic nitrogens is 2. The summed E-state index contributed by atoms with van der Waals surface area (Å²) in [5.74, 6) is -0.434.